The summed E-state index contributed by atoms with van der Waals surface area (Å²) in [5.74, 6) is 3.12. The standard InChI is InChI=1S/C14H28/c1-4-6-13-10-8-12(3)9-11-14(13)7-5-2/h12-14H,4-11H2,1-3H3. The predicted molar refractivity (Wildman–Crippen MR) is 64.4 cm³/mol. The minimum Gasteiger partial charge on any atom is -0.0654 e. The van der Waals surface area contributed by atoms with Gasteiger partial charge in [-0.2, -0.15) is 0 Å². The summed E-state index contributed by atoms with van der Waals surface area (Å²) in [7, 11) is 0. The molecule has 2 unspecified atom stereocenters. The fraction of sp³-hybridized carbons (Fsp3) is 1.00. The summed E-state index contributed by atoms with van der Waals surface area (Å²) in [5.41, 5.74) is 0. The van der Waals surface area contributed by atoms with Gasteiger partial charge in [0, 0.05) is 0 Å². The third-order valence-electron chi connectivity index (χ3n) is 4.05. The maximum atomic E-state index is 2.44. The minimum atomic E-state index is 0.996. The second-order valence-electron chi connectivity index (χ2n) is 5.36. The van der Waals surface area contributed by atoms with Crippen LogP contribution in [0.1, 0.15) is 72.1 Å². The summed E-state index contributed by atoms with van der Waals surface area (Å²) in [6.45, 7) is 7.13. The van der Waals surface area contributed by atoms with Crippen molar-refractivity contribution in [3.05, 3.63) is 0 Å². The molecule has 0 heterocycles. The quantitative estimate of drug-likeness (QED) is 0.553. The minimum absolute atomic E-state index is 0.996. The van der Waals surface area contributed by atoms with E-state index in [-0.39, 0.29) is 0 Å². The number of rotatable bonds is 4. The van der Waals surface area contributed by atoms with E-state index in [0.29, 0.717) is 0 Å². The van der Waals surface area contributed by atoms with E-state index in [1.54, 1.807) is 0 Å². The molecule has 0 aromatic carbocycles. The first-order valence-electron chi connectivity index (χ1n) is 6.77. The SMILES string of the molecule is CCCC1CCC(C)CCC1CCC. The van der Waals surface area contributed by atoms with Gasteiger partial charge in [0.05, 0.1) is 0 Å². The van der Waals surface area contributed by atoms with Crippen molar-refractivity contribution in [2.24, 2.45) is 17.8 Å². The molecule has 0 aliphatic heterocycles. The van der Waals surface area contributed by atoms with Gasteiger partial charge < -0.3 is 0 Å². The molecule has 0 N–H and O–H groups in total. The van der Waals surface area contributed by atoms with Crippen molar-refractivity contribution in [1.29, 1.82) is 0 Å². The summed E-state index contributed by atoms with van der Waals surface area (Å²) < 4.78 is 0. The maximum Gasteiger partial charge on any atom is -0.0386 e. The molecule has 84 valence electrons. The maximum absolute atomic E-state index is 2.44. The highest BCUT2D eigenvalue weighted by molar-refractivity contribution is 4.75. The Hall–Kier alpha value is 0. The fourth-order valence-electron chi connectivity index (χ4n) is 3.11. The van der Waals surface area contributed by atoms with Gasteiger partial charge in [-0.25, -0.2) is 0 Å². The number of hydrogen-bond donors (Lipinski definition) is 0. The highest BCUT2D eigenvalue weighted by atomic mass is 14.3. The van der Waals surface area contributed by atoms with Gasteiger partial charge in [0.15, 0.2) is 0 Å². The molecule has 1 aliphatic rings. The van der Waals surface area contributed by atoms with E-state index in [1.807, 2.05) is 0 Å². The summed E-state index contributed by atoms with van der Waals surface area (Å²) in [6, 6.07) is 0. The van der Waals surface area contributed by atoms with Crippen molar-refractivity contribution in [2.75, 3.05) is 0 Å². The van der Waals surface area contributed by atoms with E-state index in [9.17, 15) is 0 Å². The monoisotopic (exact) mass is 196 g/mol. The third kappa shape index (κ3) is 3.63. The molecular weight excluding hydrogens is 168 g/mol. The van der Waals surface area contributed by atoms with Crippen LogP contribution in [0.5, 0.6) is 0 Å². The van der Waals surface area contributed by atoms with Gasteiger partial charge in [-0.3, -0.25) is 0 Å². The van der Waals surface area contributed by atoms with E-state index in [1.165, 1.54) is 51.4 Å². The van der Waals surface area contributed by atoms with Crippen LogP contribution in [0.2, 0.25) is 0 Å². The molecule has 1 fully saturated rings. The van der Waals surface area contributed by atoms with Crippen LogP contribution in [0.15, 0.2) is 0 Å². The summed E-state index contributed by atoms with van der Waals surface area (Å²) in [6.07, 6.45) is 11.8. The highest BCUT2D eigenvalue weighted by Crippen LogP contribution is 2.36. The molecule has 0 bridgehead atoms. The van der Waals surface area contributed by atoms with Gasteiger partial charge in [-0.05, 0) is 30.6 Å². The van der Waals surface area contributed by atoms with Gasteiger partial charge >= 0.3 is 0 Å². The van der Waals surface area contributed by atoms with E-state index in [0.717, 1.165) is 17.8 Å². The molecule has 0 heteroatoms. The smallest absolute Gasteiger partial charge is 0.0386 e. The lowest BCUT2D eigenvalue weighted by molar-refractivity contribution is 0.274. The number of hydrogen-bond acceptors (Lipinski definition) is 0. The van der Waals surface area contributed by atoms with E-state index >= 15 is 0 Å². The topological polar surface area (TPSA) is 0 Å². The van der Waals surface area contributed by atoms with Crippen molar-refractivity contribution >= 4 is 0 Å². The fourth-order valence-corrected chi connectivity index (χ4v) is 3.11. The lowest BCUT2D eigenvalue weighted by Crippen LogP contribution is -2.13. The van der Waals surface area contributed by atoms with Crippen molar-refractivity contribution in [1.82, 2.24) is 0 Å². The first-order chi connectivity index (χ1) is 6.77. The average Bonchev–Trinajstić information content (AvgIpc) is 2.33. The second kappa shape index (κ2) is 6.48. The molecule has 1 saturated carbocycles. The van der Waals surface area contributed by atoms with Gasteiger partial charge in [0.25, 0.3) is 0 Å². The van der Waals surface area contributed by atoms with Crippen LogP contribution in [0.25, 0.3) is 0 Å². The molecular formula is C14H28. The van der Waals surface area contributed by atoms with Gasteiger partial charge in [0.1, 0.15) is 0 Å². The zero-order valence-corrected chi connectivity index (χ0v) is 10.4. The Bertz CT molecular complexity index is 123. The Morgan fingerprint density at radius 1 is 0.786 bits per heavy atom. The molecule has 0 radical (unpaired) electrons. The molecule has 0 amide bonds. The van der Waals surface area contributed by atoms with Crippen LogP contribution in [-0.4, -0.2) is 0 Å². The van der Waals surface area contributed by atoms with Gasteiger partial charge in [0.2, 0.25) is 0 Å². The predicted octanol–water partition coefficient (Wildman–Crippen LogP) is 5.03. The second-order valence-corrected chi connectivity index (χ2v) is 5.36. The highest BCUT2D eigenvalue weighted by Gasteiger charge is 2.24. The Labute approximate surface area is 90.5 Å². The Morgan fingerprint density at radius 2 is 1.21 bits per heavy atom. The zero-order chi connectivity index (χ0) is 10.4. The molecule has 14 heavy (non-hydrogen) atoms. The Balaban J connectivity index is 2.47. The molecule has 1 aliphatic carbocycles. The van der Waals surface area contributed by atoms with Crippen LogP contribution in [0, 0.1) is 17.8 Å². The largest absolute Gasteiger partial charge is 0.0654 e. The molecule has 0 nitrogen and oxygen atoms in total. The molecule has 0 spiro atoms. The lowest BCUT2D eigenvalue weighted by atomic mass is 9.82. The first kappa shape index (κ1) is 12.1. The average molecular weight is 196 g/mol. The molecule has 0 aromatic rings. The van der Waals surface area contributed by atoms with Gasteiger partial charge in [-0.15, -0.1) is 0 Å². The van der Waals surface area contributed by atoms with Crippen molar-refractivity contribution in [2.45, 2.75) is 72.1 Å². The van der Waals surface area contributed by atoms with Crippen LogP contribution in [0.3, 0.4) is 0 Å². The first-order valence-corrected chi connectivity index (χ1v) is 6.77. The molecule has 0 aromatic heterocycles. The summed E-state index contributed by atoms with van der Waals surface area (Å²) >= 11 is 0. The van der Waals surface area contributed by atoms with Crippen LogP contribution >= 0.6 is 0 Å². The summed E-state index contributed by atoms with van der Waals surface area (Å²) in [5, 5.41) is 0. The van der Waals surface area contributed by atoms with Crippen molar-refractivity contribution in [3.63, 3.8) is 0 Å². The summed E-state index contributed by atoms with van der Waals surface area (Å²) in [4.78, 5) is 0. The normalized spacial score (nSPS) is 34.1. The Kier molecular flexibility index (Phi) is 5.59. The van der Waals surface area contributed by atoms with Crippen molar-refractivity contribution < 1.29 is 0 Å². The van der Waals surface area contributed by atoms with Crippen LogP contribution in [-0.2, 0) is 0 Å². The van der Waals surface area contributed by atoms with E-state index in [4.69, 9.17) is 0 Å². The van der Waals surface area contributed by atoms with E-state index < -0.39 is 0 Å². The van der Waals surface area contributed by atoms with Crippen LogP contribution in [0.4, 0.5) is 0 Å². The Morgan fingerprint density at radius 3 is 1.57 bits per heavy atom. The van der Waals surface area contributed by atoms with E-state index in [2.05, 4.69) is 20.8 Å². The molecule has 0 saturated heterocycles. The molecule has 2 atom stereocenters. The third-order valence-corrected chi connectivity index (χ3v) is 4.05. The lowest BCUT2D eigenvalue weighted by Gasteiger charge is -2.24. The molecule has 1 rings (SSSR count). The van der Waals surface area contributed by atoms with Crippen LogP contribution < -0.4 is 0 Å². The van der Waals surface area contributed by atoms with Gasteiger partial charge in [-0.1, -0.05) is 59.3 Å². The zero-order valence-electron chi connectivity index (χ0n) is 10.4. The van der Waals surface area contributed by atoms with Crippen molar-refractivity contribution in [3.8, 4) is 0 Å².